The van der Waals surface area contributed by atoms with Crippen LogP contribution in [0, 0.1) is 13.8 Å². The number of rotatable bonds is 5. The third kappa shape index (κ3) is 3.80. The highest BCUT2D eigenvalue weighted by Gasteiger charge is 2.14. The van der Waals surface area contributed by atoms with Crippen LogP contribution in [0.1, 0.15) is 27.1 Å². The van der Waals surface area contributed by atoms with Crippen molar-refractivity contribution in [3.63, 3.8) is 0 Å². The number of carbonyl (C=O) groups is 1. The molecule has 2 aromatic heterocycles. The standard InChI is InChI=1S/C19H16N4O3S/c1-11-20-18(23-26-11)10-25-16-6-4-3-5-14(16)19(24)22-13-7-8-15-17(9-13)27-12(2)21-15/h3-9H,10H2,1-2H3,(H,22,24). The molecule has 8 heteroatoms. The highest BCUT2D eigenvalue weighted by atomic mass is 32.1. The molecule has 2 aromatic carbocycles. The van der Waals surface area contributed by atoms with E-state index in [-0.39, 0.29) is 12.5 Å². The molecule has 0 atom stereocenters. The molecule has 7 nitrogen and oxygen atoms in total. The number of ether oxygens (including phenoxy) is 1. The van der Waals surface area contributed by atoms with Crippen molar-refractivity contribution in [3.8, 4) is 5.75 Å². The van der Waals surface area contributed by atoms with Crippen molar-refractivity contribution in [2.45, 2.75) is 20.5 Å². The predicted octanol–water partition coefficient (Wildman–Crippen LogP) is 4.13. The number of amides is 1. The third-order valence-corrected chi connectivity index (χ3v) is 4.74. The van der Waals surface area contributed by atoms with E-state index in [0.717, 1.165) is 15.2 Å². The van der Waals surface area contributed by atoms with E-state index in [1.54, 1.807) is 42.5 Å². The molecule has 4 aromatic rings. The Bertz CT molecular complexity index is 1120. The lowest BCUT2D eigenvalue weighted by Gasteiger charge is -2.10. The maximum Gasteiger partial charge on any atom is 0.259 e. The summed E-state index contributed by atoms with van der Waals surface area (Å²) in [4.78, 5) is 21.3. The number of anilines is 1. The zero-order valence-electron chi connectivity index (χ0n) is 14.7. The summed E-state index contributed by atoms with van der Waals surface area (Å²) in [5.74, 6) is 1.09. The number of hydrogen-bond donors (Lipinski definition) is 1. The molecule has 0 fully saturated rings. The van der Waals surface area contributed by atoms with Gasteiger partial charge in [-0.3, -0.25) is 4.79 Å². The molecule has 1 amide bonds. The Morgan fingerprint density at radius 3 is 2.85 bits per heavy atom. The Kier molecular flexibility index (Phi) is 4.55. The summed E-state index contributed by atoms with van der Waals surface area (Å²) in [6.45, 7) is 3.79. The first kappa shape index (κ1) is 17.2. The van der Waals surface area contributed by atoms with Crippen molar-refractivity contribution in [3.05, 3.63) is 64.8 Å². The number of hydrogen-bond acceptors (Lipinski definition) is 7. The summed E-state index contributed by atoms with van der Waals surface area (Å²) in [7, 11) is 0. The molecule has 0 bridgehead atoms. The predicted molar refractivity (Wildman–Crippen MR) is 102 cm³/mol. The molecule has 0 saturated heterocycles. The van der Waals surface area contributed by atoms with E-state index < -0.39 is 0 Å². The van der Waals surface area contributed by atoms with E-state index >= 15 is 0 Å². The van der Waals surface area contributed by atoms with Gasteiger partial charge in [-0.2, -0.15) is 4.98 Å². The molecule has 2 heterocycles. The van der Waals surface area contributed by atoms with E-state index in [2.05, 4.69) is 20.4 Å². The number of nitrogens with zero attached hydrogens (tertiary/aromatic N) is 3. The maximum absolute atomic E-state index is 12.7. The summed E-state index contributed by atoms with van der Waals surface area (Å²) in [6, 6.07) is 12.7. The molecule has 0 spiro atoms. The Labute approximate surface area is 159 Å². The second kappa shape index (κ2) is 7.16. The zero-order valence-corrected chi connectivity index (χ0v) is 15.5. The van der Waals surface area contributed by atoms with Gasteiger partial charge in [-0.25, -0.2) is 4.98 Å². The van der Waals surface area contributed by atoms with Gasteiger partial charge in [0.1, 0.15) is 5.75 Å². The van der Waals surface area contributed by atoms with Crippen LogP contribution >= 0.6 is 11.3 Å². The van der Waals surface area contributed by atoms with Crippen LogP contribution in [0.25, 0.3) is 10.2 Å². The number of fused-ring (bicyclic) bond motifs is 1. The van der Waals surface area contributed by atoms with E-state index in [1.807, 2.05) is 25.1 Å². The number of nitrogens with one attached hydrogen (secondary N) is 1. The van der Waals surface area contributed by atoms with Gasteiger partial charge in [0.05, 0.1) is 20.8 Å². The van der Waals surface area contributed by atoms with E-state index in [0.29, 0.717) is 28.7 Å². The van der Waals surface area contributed by atoms with Gasteiger partial charge >= 0.3 is 0 Å². The van der Waals surface area contributed by atoms with Gasteiger partial charge in [-0.15, -0.1) is 11.3 Å². The largest absolute Gasteiger partial charge is 0.485 e. The maximum atomic E-state index is 12.7. The number of aryl methyl sites for hydroxylation is 2. The zero-order chi connectivity index (χ0) is 18.8. The highest BCUT2D eigenvalue weighted by Crippen LogP contribution is 2.26. The van der Waals surface area contributed by atoms with Gasteiger partial charge in [0.2, 0.25) is 11.7 Å². The van der Waals surface area contributed by atoms with E-state index in [1.165, 1.54) is 0 Å². The van der Waals surface area contributed by atoms with Crippen LogP contribution in [0.5, 0.6) is 5.75 Å². The van der Waals surface area contributed by atoms with E-state index in [4.69, 9.17) is 9.26 Å². The first-order valence-corrected chi connectivity index (χ1v) is 9.10. The Morgan fingerprint density at radius 1 is 1.19 bits per heavy atom. The van der Waals surface area contributed by atoms with Crippen LogP contribution in [-0.2, 0) is 6.61 Å². The average Bonchev–Trinajstić information content (AvgIpc) is 3.24. The number of para-hydroxylation sites is 1. The van der Waals surface area contributed by atoms with Crippen molar-refractivity contribution >= 4 is 33.1 Å². The van der Waals surface area contributed by atoms with Crippen LogP contribution < -0.4 is 10.1 Å². The summed E-state index contributed by atoms with van der Waals surface area (Å²) >= 11 is 1.59. The van der Waals surface area contributed by atoms with Crippen LogP contribution in [0.2, 0.25) is 0 Å². The minimum absolute atomic E-state index is 0.119. The fourth-order valence-electron chi connectivity index (χ4n) is 2.64. The van der Waals surface area contributed by atoms with Crippen LogP contribution in [0.3, 0.4) is 0 Å². The smallest absolute Gasteiger partial charge is 0.259 e. The number of carbonyl (C=O) groups excluding carboxylic acids is 1. The molecular weight excluding hydrogens is 364 g/mol. The van der Waals surface area contributed by atoms with Gasteiger partial charge < -0.3 is 14.6 Å². The molecule has 0 aliphatic carbocycles. The van der Waals surface area contributed by atoms with Gasteiger partial charge in [0, 0.05) is 12.6 Å². The lowest BCUT2D eigenvalue weighted by molar-refractivity contribution is 0.102. The molecule has 0 aliphatic rings. The molecular formula is C19H16N4O3S. The van der Waals surface area contributed by atoms with Gasteiger partial charge in [0.25, 0.3) is 5.91 Å². The minimum Gasteiger partial charge on any atom is -0.485 e. The highest BCUT2D eigenvalue weighted by molar-refractivity contribution is 7.18. The number of thiazole rings is 1. The summed E-state index contributed by atoms with van der Waals surface area (Å²) < 4.78 is 11.7. The molecule has 0 radical (unpaired) electrons. The lowest BCUT2D eigenvalue weighted by atomic mass is 10.2. The molecule has 136 valence electrons. The molecule has 4 rings (SSSR count). The van der Waals surface area contributed by atoms with Gasteiger partial charge in [0.15, 0.2) is 6.61 Å². The second-order valence-corrected chi connectivity index (χ2v) is 7.12. The summed E-state index contributed by atoms with van der Waals surface area (Å²) in [6.07, 6.45) is 0. The van der Waals surface area contributed by atoms with Crippen molar-refractivity contribution < 1.29 is 14.1 Å². The number of benzene rings is 2. The minimum atomic E-state index is -0.254. The van der Waals surface area contributed by atoms with Gasteiger partial charge in [-0.05, 0) is 37.3 Å². The molecule has 27 heavy (non-hydrogen) atoms. The Morgan fingerprint density at radius 2 is 2.04 bits per heavy atom. The fraction of sp³-hybridized carbons (Fsp3) is 0.158. The summed E-state index contributed by atoms with van der Waals surface area (Å²) in [5.41, 5.74) is 2.06. The third-order valence-electron chi connectivity index (χ3n) is 3.81. The average molecular weight is 380 g/mol. The normalized spacial score (nSPS) is 10.9. The van der Waals surface area contributed by atoms with Crippen molar-refractivity contribution in [2.75, 3.05) is 5.32 Å². The van der Waals surface area contributed by atoms with Crippen molar-refractivity contribution in [1.29, 1.82) is 0 Å². The van der Waals surface area contributed by atoms with E-state index in [9.17, 15) is 4.79 Å². The van der Waals surface area contributed by atoms with Crippen LogP contribution in [0.15, 0.2) is 47.0 Å². The van der Waals surface area contributed by atoms with Gasteiger partial charge in [-0.1, -0.05) is 17.3 Å². The molecule has 1 N–H and O–H groups in total. The van der Waals surface area contributed by atoms with Crippen LogP contribution in [-0.4, -0.2) is 21.0 Å². The number of aromatic nitrogens is 3. The quantitative estimate of drug-likeness (QED) is 0.560. The second-order valence-electron chi connectivity index (χ2n) is 5.88. The van der Waals surface area contributed by atoms with Crippen LogP contribution in [0.4, 0.5) is 5.69 Å². The van der Waals surface area contributed by atoms with Crippen molar-refractivity contribution in [2.24, 2.45) is 0 Å². The Hall–Kier alpha value is -3.26. The molecule has 0 unspecified atom stereocenters. The first-order chi connectivity index (χ1) is 13.1. The molecule has 0 saturated carbocycles. The first-order valence-electron chi connectivity index (χ1n) is 8.28. The summed E-state index contributed by atoms with van der Waals surface area (Å²) in [5, 5.41) is 7.69. The Balaban J connectivity index is 1.52. The molecule has 0 aliphatic heterocycles. The lowest BCUT2D eigenvalue weighted by Crippen LogP contribution is -2.13. The topological polar surface area (TPSA) is 90.1 Å². The SMILES string of the molecule is Cc1nc(COc2ccccc2C(=O)Nc2ccc3nc(C)sc3c2)no1. The van der Waals surface area contributed by atoms with Crippen molar-refractivity contribution in [1.82, 2.24) is 15.1 Å². The monoisotopic (exact) mass is 380 g/mol. The fourth-order valence-corrected chi connectivity index (χ4v) is 3.50.